The minimum absolute atomic E-state index is 0. The minimum Gasteiger partial charge on any atom is -0.307 e. The highest BCUT2D eigenvalue weighted by atomic mass is 35.5. The Morgan fingerprint density at radius 3 is 2.44 bits per heavy atom. The summed E-state index contributed by atoms with van der Waals surface area (Å²) in [6.07, 6.45) is 4.89. The Labute approximate surface area is 112 Å². The molecule has 4 heteroatoms. The Hall–Kier alpha value is -2.13. The normalized spacial score (nSPS) is 9.78. The zero-order valence-electron chi connectivity index (χ0n) is 9.61. The van der Waals surface area contributed by atoms with Gasteiger partial charge >= 0.3 is 0 Å². The highest BCUT2D eigenvalue weighted by molar-refractivity contribution is 6.01. The molecular formula is C14H13ClN2O. The molecule has 0 radical (unpaired) electrons. The SMILES string of the molecule is Cl.O=C(/C=C/c1ccccc1)Nc1ccccn1. The average Bonchev–Trinajstić information content (AvgIpc) is 2.39. The number of carbonyl (C=O) groups is 1. The van der Waals surface area contributed by atoms with E-state index in [1.54, 1.807) is 24.4 Å². The minimum atomic E-state index is -0.187. The fraction of sp³-hybridized carbons (Fsp3) is 0. The molecule has 0 saturated carbocycles. The van der Waals surface area contributed by atoms with Crippen LogP contribution in [-0.2, 0) is 4.79 Å². The lowest BCUT2D eigenvalue weighted by molar-refractivity contribution is -0.111. The van der Waals surface area contributed by atoms with Crippen LogP contribution in [-0.4, -0.2) is 10.9 Å². The summed E-state index contributed by atoms with van der Waals surface area (Å²) in [4.78, 5) is 15.6. The molecule has 1 aromatic carbocycles. The highest BCUT2D eigenvalue weighted by Gasteiger charge is 1.96. The number of amides is 1. The lowest BCUT2D eigenvalue weighted by Crippen LogP contribution is -2.08. The molecular weight excluding hydrogens is 248 g/mol. The van der Waals surface area contributed by atoms with Gasteiger partial charge in [-0.1, -0.05) is 36.4 Å². The summed E-state index contributed by atoms with van der Waals surface area (Å²) in [6.45, 7) is 0. The second-order valence-corrected chi connectivity index (χ2v) is 3.45. The van der Waals surface area contributed by atoms with Gasteiger partial charge in [0.1, 0.15) is 5.82 Å². The Morgan fingerprint density at radius 1 is 1.06 bits per heavy atom. The predicted molar refractivity (Wildman–Crippen MR) is 75.6 cm³/mol. The van der Waals surface area contributed by atoms with Gasteiger partial charge in [-0.25, -0.2) is 4.98 Å². The third kappa shape index (κ3) is 4.39. The van der Waals surface area contributed by atoms with Gasteiger partial charge in [-0.05, 0) is 23.8 Å². The standard InChI is InChI=1S/C14H12N2O.ClH/c17-14(16-13-8-4-5-11-15-13)10-9-12-6-2-1-3-7-12;/h1-11H,(H,15,16,17);1H/b10-9+;. The first-order valence-electron chi connectivity index (χ1n) is 5.30. The van der Waals surface area contributed by atoms with Gasteiger partial charge in [0.15, 0.2) is 0 Å². The van der Waals surface area contributed by atoms with Crippen LogP contribution in [0.25, 0.3) is 6.08 Å². The Kier molecular flexibility index (Phi) is 5.61. The molecule has 3 nitrogen and oxygen atoms in total. The largest absolute Gasteiger partial charge is 0.307 e. The van der Waals surface area contributed by atoms with Crippen molar-refractivity contribution in [1.29, 1.82) is 0 Å². The molecule has 1 amide bonds. The first-order chi connectivity index (χ1) is 8.34. The second-order valence-electron chi connectivity index (χ2n) is 3.45. The number of anilines is 1. The lowest BCUT2D eigenvalue weighted by Gasteiger charge is -1.99. The molecule has 0 atom stereocenters. The number of halogens is 1. The van der Waals surface area contributed by atoms with Crippen LogP contribution in [0, 0.1) is 0 Å². The first-order valence-corrected chi connectivity index (χ1v) is 5.30. The molecule has 0 spiro atoms. The molecule has 1 aromatic heterocycles. The van der Waals surface area contributed by atoms with Gasteiger partial charge in [0.05, 0.1) is 0 Å². The maximum Gasteiger partial charge on any atom is 0.249 e. The highest BCUT2D eigenvalue weighted by Crippen LogP contribution is 2.03. The van der Waals surface area contributed by atoms with E-state index in [9.17, 15) is 4.79 Å². The maximum atomic E-state index is 11.5. The van der Waals surface area contributed by atoms with Crippen LogP contribution in [0.5, 0.6) is 0 Å². The molecule has 0 aliphatic carbocycles. The van der Waals surface area contributed by atoms with Crippen LogP contribution in [0.15, 0.2) is 60.8 Å². The number of nitrogens with zero attached hydrogens (tertiary/aromatic N) is 1. The van der Waals surface area contributed by atoms with Crippen molar-refractivity contribution in [2.75, 3.05) is 5.32 Å². The van der Waals surface area contributed by atoms with Gasteiger partial charge in [0.2, 0.25) is 5.91 Å². The van der Waals surface area contributed by atoms with Gasteiger partial charge in [-0.2, -0.15) is 0 Å². The topological polar surface area (TPSA) is 42.0 Å². The molecule has 1 heterocycles. The van der Waals surface area contributed by atoms with Crippen LogP contribution in [0.4, 0.5) is 5.82 Å². The number of rotatable bonds is 3. The zero-order chi connectivity index (χ0) is 11.9. The monoisotopic (exact) mass is 260 g/mol. The van der Waals surface area contributed by atoms with E-state index in [2.05, 4.69) is 10.3 Å². The second kappa shape index (κ2) is 7.25. The summed E-state index contributed by atoms with van der Waals surface area (Å²) >= 11 is 0. The van der Waals surface area contributed by atoms with Crippen molar-refractivity contribution in [3.8, 4) is 0 Å². The average molecular weight is 261 g/mol. The van der Waals surface area contributed by atoms with Crippen LogP contribution < -0.4 is 5.32 Å². The summed E-state index contributed by atoms with van der Waals surface area (Å²) in [7, 11) is 0. The first kappa shape index (κ1) is 13.9. The molecule has 18 heavy (non-hydrogen) atoms. The fourth-order valence-electron chi connectivity index (χ4n) is 1.34. The summed E-state index contributed by atoms with van der Waals surface area (Å²) in [6, 6.07) is 15.0. The molecule has 0 unspecified atom stereocenters. The van der Waals surface area contributed by atoms with Gasteiger partial charge < -0.3 is 5.32 Å². The Morgan fingerprint density at radius 2 is 1.78 bits per heavy atom. The summed E-state index contributed by atoms with van der Waals surface area (Å²) in [5.74, 6) is 0.364. The smallest absolute Gasteiger partial charge is 0.249 e. The van der Waals surface area contributed by atoms with Crippen LogP contribution >= 0.6 is 12.4 Å². The Balaban J connectivity index is 0.00000162. The maximum absolute atomic E-state index is 11.5. The fourth-order valence-corrected chi connectivity index (χ4v) is 1.34. The van der Waals surface area contributed by atoms with Crippen LogP contribution in [0.3, 0.4) is 0 Å². The van der Waals surface area contributed by atoms with E-state index in [-0.39, 0.29) is 18.3 Å². The molecule has 92 valence electrons. The molecule has 0 fully saturated rings. The summed E-state index contributed by atoms with van der Waals surface area (Å²) in [5, 5.41) is 2.68. The van der Waals surface area contributed by atoms with Gasteiger partial charge in [-0.3, -0.25) is 4.79 Å². The van der Waals surface area contributed by atoms with Crippen molar-refractivity contribution in [2.24, 2.45) is 0 Å². The summed E-state index contributed by atoms with van der Waals surface area (Å²) in [5.41, 5.74) is 0.990. The molecule has 0 aliphatic heterocycles. The number of carbonyl (C=O) groups excluding carboxylic acids is 1. The van der Waals surface area contributed by atoms with Crippen molar-refractivity contribution in [3.05, 3.63) is 66.4 Å². The summed E-state index contributed by atoms with van der Waals surface area (Å²) < 4.78 is 0. The molecule has 0 bridgehead atoms. The molecule has 2 aromatic rings. The number of pyridine rings is 1. The lowest BCUT2D eigenvalue weighted by atomic mass is 10.2. The van der Waals surface area contributed by atoms with Crippen LogP contribution in [0.1, 0.15) is 5.56 Å². The molecule has 0 aliphatic rings. The van der Waals surface area contributed by atoms with Crippen molar-refractivity contribution in [3.63, 3.8) is 0 Å². The number of nitrogens with one attached hydrogen (secondary N) is 1. The van der Waals surface area contributed by atoms with Crippen molar-refractivity contribution < 1.29 is 4.79 Å². The third-order valence-corrected chi connectivity index (χ3v) is 2.14. The molecule has 1 N–H and O–H groups in total. The number of aromatic nitrogens is 1. The van der Waals surface area contributed by atoms with Crippen LogP contribution in [0.2, 0.25) is 0 Å². The third-order valence-electron chi connectivity index (χ3n) is 2.14. The van der Waals surface area contributed by atoms with E-state index < -0.39 is 0 Å². The van der Waals surface area contributed by atoms with E-state index in [1.807, 2.05) is 36.4 Å². The van der Waals surface area contributed by atoms with Crippen molar-refractivity contribution in [2.45, 2.75) is 0 Å². The molecule has 2 rings (SSSR count). The van der Waals surface area contributed by atoms with Crippen molar-refractivity contribution >= 4 is 30.2 Å². The Bertz CT molecular complexity index is 512. The van der Waals surface area contributed by atoms with Gasteiger partial charge in [0, 0.05) is 12.3 Å². The number of hydrogen-bond donors (Lipinski definition) is 1. The quantitative estimate of drug-likeness (QED) is 0.862. The molecule has 0 saturated heterocycles. The van der Waals surface area contributed by atoms with E-state index in [0.29, 0.717) is 5.82 Å². The van der Waals surface area contributed by atoms with E-state index in [4.69, 9.17) is 0 Å². The van der Waals surface area contributed by atoms with E-state index in [1.165, 1.54) is 6.08 Å². The number of hydrogen-bond acceptors (Lipinski definition) is 2. The zero-order valence-corrected chi connectivity index (χ0v) is 10.4. The number of benzene rings is 1. The van der Waals surface area contributed by atoms with Gasteiger partial charge in [-0.15, -0.1) is 12.4 Å². The van der Waals surface area contributed by atoms with E-state index in [0.717, 1.165) is 5.56 Å². The predicted octanol–water partition coefficient (Wildman–Crippen LogP) is 3.16. The van der Waals surface area contributed by atoms with Crippen molar-refractivity contribution in [1.82, 2.24) is 4.98 Å². The van der Waals surface area contributed by atoms with Gasteiger partial charge in [0.25, 0.3) is 0 Å². The van der Waals surface area contributed by atoms with E-state index >= 15 is 0 Å².